The minimum absolute atomic E-state index is 0.577. The first-order valence-corrected chi connectivity index (χ1v) is 5.08. The highest BCUT2D eigenvalue weighted by Crippen LogP contribution is 2.02. The molecular formula is C10H15N5. The lowest BCUT2D eigenvalue weighted by Gasteiger charge is -2.08. The molecule has 0 aliphatic rings. The third kappa shape index (κ3) is 2.43. The summed E-state index contributed by atoms with van der Waals surface area (Å²) in [5.74, 6) is 1.55. The first-order valence-electron chi connectivity index (χ1n) is 5.08. The molecule has 2 rings (SSSR count). The number of nitrogens with zero attached hydrogens (tertiary/aromatic N) is 5. The summed E-state index contributed by atoms with van der Waals surface area (Å²) in [4.78, 5) is 8.25. The van der Waals surface area contributed by atoms with Crippen molar-refractivity contribution < 1.29 is 0 Å². The third-order valence-corrected chi connectivity index (χ3v) is 2.12. The van der Waals surface area contributed by atoms with E-state index in [1.54, 1.807) is 18.9 Å². The van der Waals surface area contributed by atoms with Crippen molar-refractivity contribution in [2.75, 3.05) is 0 Å². The van der Waals surface area contributed by atoms with Crippen molar-refractivity contribution in [3.63, 3.8) is 0 Å². The monoisotopic (exact) mass is 205 g/mol. The van der Waals surface area contributed by atoms with Crippen molar-refractivity contribution in [1.82, 2.24) is 24.3 Å². The van der Waals surface area contributed by atoms with Crippen LogP contribution in [0, 0.1) is 5.92 Å². The second-order valence-electron chi connectivity index (χ2n) is 3.99. The smallest absolute Gasteiger partial charge is 0.146 e. The predicted octanol–water partition coefficient (Wildman–Crippen LogP) is 1.18. The number of aromatic nitrogens is 5. The van der Waals surface area contributed by atoms with Gasteiger partial charge in [-0.15, -0.1) is 0 Å². The van der Waals surface area contributed by atoms with Crippen LogP contribution in [0.25, 0.3) is 0 Å². The van der Waals surface area contributed by atoms with Gasteiger partial charge in [-0.3, -0.25) is 0 Å². The molecule has 0 atom stereocenters. The molecular weight excluding hydrogens is 190 g/mol. The molecule has 0 amide bonds. The van der Waals surface area contributed by atoms with Crippen LogP contribution in [0.3, 0.4) is 0 Å². The van der Waals surface area contributed by atoms with Crippen molar-refractivity contribution in [3.05, 3.63) is 30.9 Å². The van der Waals surface area contributed by atoms with Gasteiger partial charge in [0.1, 0.15) is 12.2 Å². The molecule has 0 saturated carbocycles. The standard InChI is InChI=1S/C10H15N5/c1-9(2)5-15-10(12-7-13-15)6-14-4-3-11-8-14/h3-4,7-9H,5-6H2,1-2H3. The first kappa shape index (κ1) is 9.89. The molecule has 5 nitrogen and oxygen atoms in total. The van der Waals surface area contributed by atoms with Gasteiger partial charge in [0.05, 0.1) is 12.9 Å². The van der Waals surface area contributed by atoms with Gasteiger partial charge >= 0.3 is 0 Å². The van der Waals surface area contributed by atoms with Crippen molar-refractivity contribution in [2.24, 2.45) is 5.92 Å². The molecule has 5 heteroatoms. The Morgan fingerprint density at radius 1 is 1.40 bits per heavy atom. The molecule has 0 unspecified atom stereocenters. The van der Waals surface area contributed by atoms with Crippen LogP contribution in [0.2, 0.25) is 0 Å². The van der Waals surface area contributed by atoms with Crippen molar-refractivity contribution in [3.8, 4) is 0 Å². The fraction of sp³-hybridized carbons (Fsp3) is 0.500. The molecule has 15 heavy (non-hydrogen) atoms. The van der Waals surface area contributed by atoms with Crippen LogP contribution < -0.4 is 0 Å². The molecule has 0 spiro atoms. The molecule has 2 heterocycles. The Morgan fingerprint density at radius 3 is 2.93 bits per heavy atom. The summed E-state index contributed by atoms with van der Waals surface area (Å²) in [6, 6.07) is 0. The molecule has 2 aromatic rings. The predicted molar refractivity (Wildman–Crippen MR) is 56.2 cm³/mol. The van der Waals surface area contributed by atoms with Gasteiger partial charge in [0.25, 0.3) is 0 Å². The van der Waals surface area contributed by atoms with Gasteiger partial charge in [0, 0.05) is 18.9 Å². The van der Waals surface area contributed by atoms with Gasteiger partial charge in [-0.05, 0) is 5.92 Å². The van der Waals surface area contributed by atoms with Crippen LogP contribution in [0.4, 0.5) is 0 Å². The second kappa shape index (κ2) is 4.25. The largest absolute Gasteiger partial charge is 0.330 e. The first-order chi connectivity index (χ1) is 7.25. The van der Waals surface area contributed by atoms with Gasteiger partial charge in [0.15, 0.2) is 0 Å². The summed E-state index contributed by atoms with van der Waals surface area (Å²) in [5.41, 5.74) is 0. The van der Waals surface area contributed by atoms with Crippen molar-refractivity contribution >= 4 is 0 Å². The fourth-order valence-electron chi connectivity index (χ4n) is 1.45. The zero-order valence-electron chi connectivity index (χ0n) is 9.04. The van der Waals surface area contributed by atoms with Gasteiger partial charge < -0.3 is 4.57 Å². The molecule has 0 aliphatic carbocycles. The zero-order chi connectivity index (χ0) is 10.7. The molecule has 0 fully saturated rings. The van der Waals surface area contributed by atoms with E-state index in [0.717, 1.165) is 18.9 Å². The summed E-state index contributed by atoms with van der Waals surface area (Å²) in [6.07, 6.45) is 7.08. The van der Waals surface area contributed by atoms with Gasteiger partial charge in [-0.2, -0.15) is 5.10 Å². The summed E-state index contributed by atoms with van der Waals surface area (Å²) in [6.45, 7) is 5.97. The Kier molecular flexibility index (Phi) is 2.80. The number of imidazole rings is 1. The summed E-state index contributed by atoms with van der Waals surface area (Å²) in [5, 5.41) is 4.21. The molecule has 0 aromatic carbocycles. The van der Waals surface area contributed by atoms with E-state index >= 15 is 0 Å². The van der Waals surface area contributed by atoms with Gasteiger partial charge in [0.2, 0.25) is 0 Å². The van der Waals surface area contributed by atoms with Crippen LogP contribution in [0.1, 0.15) is 19.7 Å². The Hall–Kier alpha value is -1.65. The highest BCUT2D eigenvalue weighted by Gasteiger charge is 2.06. The van der Waals surface area contributed by atoms with E-state index in [1.165, 1.54) is 0 Å². The van der Waals surface area contributed by atoms with E-state index in [2.05, 4.69) is 28.9 Å². The highest BCUT2D eigenvalue weighted by molar-refractivity contribution is 4.88. The van der Waals surface area contributed by atoms with Crippen LogP contribution >= 0.6 is 0 Å². The third-order valence-electron chi connectivity index (χ3n) is 2.12. The summed E-state index contributed by atoms with van der Waals surface area (Å²) in [7, 11) is 0. The van der Waals surface area contributed by atoms with Crippen molar-refractivity contribution in [1.29, 1.82) is 0 Å². The zero-order valence-corrected chi connectivity index (χ0v) is 9.04. The van der Waals surface area contributed by atoms with Crippen LogP contribution in [0.5, 0.6) is 0 Å². The Bertz CT molecular complexity index is 401. The van der Waals surface area contributed by atoms with Crippen molar-refractivity contribution in [2.45, 2.75) is 26.9 Å². The highest BCUT2D eigenvalue weighted by atomic mass is 15.3. The maximum absolute atomic E-state index is 4.25. The van der Waals surface area contributed by atoms with Crippen LogP contribution in [-0.2, 0) is 13.1 Å². The quantitative estimate of drug-likeness (QED) is 0.753. The molecule has 2 aromatic heterocycles. The second-order valence-corrected chi connectivity index (χ2v) is 3.99. The fourth-order valence-corrected chi connectivity index (χ4v) is 1.45. The minimum Gasteiger partial charge on any atom is -0.330 e. The van der Waals surface area contributed by atoms with Crippen LogP contribution in [0.15, 0.2) is 25.0 Å². The SMILES string of the molecule is CC(C)Cn1ncnc1Cn1ccnc1. The lowest BCUT2D eigenvalue weighted by molar-refractivity contribution is 0.461. The molecule has 0 saturated heterocycles. The van der Waals surface area contributed by atoms with Crippen LogP contribution in [-0.4, -0.2) is 24.3 Å². The lowest BCUT2D eigenvalue weighted by Crippen LogP contribution is -2.12. The summed E-state index contributed by atoms with van der Waals surface area (Å²) < 4.78 is 3.94. The van der Waals surface area contributed by atoms with Gasteiger partial charge in [-0.1, -0.05) is 13.8 Å². The van der Waals surface area contributed by atoms with Gasteiger partial charge in [-0.25, -0.2) is 14.6 Å². The molecule has 0 N–H and O–H groups in total. The average Bonchev–Trinajstić information content (AvgIpc) is 2.78. The molecule has 80 valence electrons. The van der Waals surface area contributed by atoms with E-state index in [1.807, 2.05) is 15.4 Å². The number of hydrogen-bond acceptors (Lipinski definition) is 3. The molecule has 0 radical (unpaired) electrons. The Labute approximate surface area is 88.8 Å². The van der Waals surface area contributed by atoms with E-state index in [4.69, 9.17) is 0 Å². The topological polar surface area (TPSA) is 48.5 Å². The molecule has 0 bridgehead atoms. The average molecular weight is 205 g/mol. The maximum Gasteiger partial charge on any atom is 0.146 e. The van der Waals surface area contributed by atoms with E-state index in [0.29, 0.717) is 5.92 Å². The lowest BCUT2D eigenvalue weighted by atomic mass is 10.2. The van der Waals surface area contributed by atoms with E-state index in [-0.39, 0.29) is 0 Å². The normalized spacial score (nSPS) is 11.1. The number of hydrogen-bond donors (Lipinski definition) is 0. The van der Waals surface area contributed by atoms with E-state index in [9.17, 15) is 0 Å². The summed E-state index contributed by atoms with van der Waals surface area (Å²) >= 11 is 0. The number of rotatable bonds is 4. The van der Waals surface area contributed by atoms with E-state index < -0.39 is 0 Å². The minimum atomic E-state index is 0.577. The Morgan fingerprint density at radius 2 is 2.27 bits per heavy atom. The maximum atomic E-state index is 4.25. The Balaban J connectivity index is 2.11. The molecule has 0 aliphatic heterocycles.